The maximum atomic E-state index is 11.9. The van der Waals surface area contributed by atoms with Gasteiger partial charge in [0, 0.05) is 28.3 Å². The molecule has 11 rings (SSSR count). The standard InChI is InChI=1S/C70H67N3O/c1-68(2,3)57-35-37-65(74)61(46-57)67-72-66-59(28-19-29-64(66)73(67)63-36-30-48(40-47-20-17-18-21-47)41-60(63)50-22-11-8-12-23-50)52-42-53(44-58(43-52)69(4,5)6)62-45-51(38-39-71-62)49-31-33-56(34-32-49)70(7,54-24-13-9-14-25-54)55-26-15-10-16-27-55/h8-16,19,22-39,41-47,74H,17-18,20-21,40H2,1-7H3. The third-order valence-electron chi connectivity index (χ3n) is 15.8. The van der Waals surface area contributed by atoms with Crippen molar-refractivity contribution in [2.24, 2.45) is 5.92 Å². The van der Waals surface area contributed by atoms with Crippen LogP contribution in [0.5, 0.6) is 5.75 Å². The van der Waals surface area contributed by atoms with Crippen molar-refractivity contribution in [3.63, 3.8) is 0 Å². The molecule has 1 fully saturated rings. The molecule has 0 amide bonds. The molecule has 8 aromatic carbocycles. The van der Waals surface area contributed by atoms with E-state index in [0.717, 1.165) is 73.3 Å². The van der Waals surface area contributed by atoms with E-state index in [1.54, 1.807) is 0 Å². The number of para-hydroxylation sites is 1. The summed E-state index contributed by atoms with van der Waals surface area (Å²) in [5.74, 6) is 1.63. The Bertz CT molecular complexity index is 3570. The van der Waals surface area contributed by atoms with Gasteiger partial charge in [0.2, 0.25) is 0 Å². The number of imidazole rings is 1. The number of aromatic hydroxyl groups is 1. The Morgan fingerprint density at radius 2 is 1.09 bits per heavy atom. The smallest absolute Gasteiger partial charge is 0.149 e. The number of rotatable bonds is 11. The summed E-state index contributed by atoms with van der Waals surface area (Å²) in [5, 5.41) is 11.9. The minimum absolute atomic E-state index is 0.147. The van der Waals surface area contributed by atoms with E-state index in [0.29, 0.717) is 17.3 Å². The van der Waals surface area contributed by atoms with Gasteiger partial charge in [-0.1, -0.05) is 213 Å². The first-order valence-corrected chi connectivity index (χ1v) is 26.6. The lowest BCUT2D eigenvalue weighted by molar-refractivity contribution is 0.475. The lowest BCUT2D eigenvalue weighted by atomic mass is 9.71. The van der Waals surface area contributed by atoms with Crippen LogP contribution in [0.4, 0.5) is 0 Å². The van der Waals surface area contributed by atoms with E-state index in [9.17, 15) is 5.11 Å². The molecule has 2 heterocycles. The number of pyridine rings is 1. The molecule has 4 nitrogen and oxygen atoms in total. The molecular weight excluding hydrogens is 899 g/mol. The van der Waals surface area contributed by atoms with Gasteiger partial charge >= 0.3 is 0 Å². The minimum Gasteiger partial charge on any atom is -0.507 e. The molecule has 0 atom stereocenters. The predicted molar refractivity (Wildman–Crippen MR) is 309 cm³/mol. The molecule has 0 aliphatic heterocycles. The number of hydrogen-bond donors (Lipinski definition) is 1. The summed E-state index contributed by atoms with van der Waals surface area (Å²) >= 11 is 0. The molecule has 2 aromatic heterocycles. The Balaban J connectivity index is 1.06. The zero-order valence-corrected chi connectivity index (χ0v) is 44.0. The van der Waals surface area contributed by atoms with Crippen LogP contribution in [0, 0.1) is 5.92 Å². The minimum atomic E-state index is -0.325. The number of phenols is 1. The maximum Gasteiger partial charge on any atom is 0.149 e. The first kappa shape index (κ1) is 48.4. The summed E-state index contributed by atoms with van der Waals surface area (Å²) < 4.78 is 2.30. The molecule has 0 saturated heterocycles. The highest BCUT2D eigenvalue weighted by Crippen LogP contribution is 2.44. The van der Waals surface area contributed by atoms with E-state index in [-0.39, 0.29) is 22.0 Å². The van der Waals surface area contributed by atoms with Crippen molar-refractivity contribution in [3.8, 4) is 67.5 Å². The van der Waals surface area contributed by atoms with Crippen LogP contribution in [0.1, 0.15) is 108 Å². The number of fused-ring (bicyclic) bond motifs is 1. The van der Waals surface area contributed by atoms with E-state index < -0.39 is 0 Å². The first-order chi connectivity index (χ1) is 35.7. The zero-order chi connectivity index (χ0) is 51.2. The first-order valence-electron chi connectivity index (χ1n) is 26.6. The van der Waals surface area contributed by atoms with Crippen LogP contribution in [-0.4, -0.2) is 19.6 Å². The summed E-state index contributed by atoms with van der Waals surface area (Å²) in [6.45, 7) is 15.8. The molecule has 1 aliphatic carbocycles. The second-order valence-electron chi connectivity index (χ2n) is 22.9. The normalized spacial score (nSPS) is 13.4. The molecule has 0 radical (unpaired) electrons. The Labute approximate surface area is 438 Å². The molecule has 74 heavy (non-hydrogen) atoms. The number of hydrogen-bond acceptors (Lipinski definition) is 3. The monoisotopic (exact) mass is 966 g/mol. The third-order valence-corrected chi connectivity index (χ3v) is 15.8. The van der Waals surface area contributed by atoms with Crippen LogP contribution >= 0.6 is 0 Å². The van der Waals surface area contributed by atoms with Gasteiger partial charge in [0.1, 0.15) is 11.6 Å². The van der Waals surface area contributed by atoms with Crippen LogP contribution in [0.3, 0.4) is 0 Å². The highest BCUT2D eigenvalue weighted by Gasteiger charge is 2.31. The Morgan fingerprint density at radius 1 is 0.473 bits per heavy atom. The fourth-order valence-corrected chi connectivity index (χ4v) is 11.4. The van der Waals surface area contributed by atoms with Crippen molar-refractivity contribution in [2.75, 3.05) is 0 Å². The largest absolute Gasteiger partial charge is 0.507 e. The van der Waals surface area contributed by atoms with Gasteiger partial charge in [0.05, 0.1) is 28.0 Å². The van der Waals surface area contributed by atoms with Crippen molar-refractivity contribution < 1.29 is 5.11 Å². The van der Waals surface area contributed by atoms with Gasteiger partial charge in [-0.25, -0.2) is 4.98 Å². The van der Waals surface area contributed by atoms with Crippen molar-refractivity contribution in [1.82, 2.24) is 14.5 Å². The molecule has 0 unspecified atom stereocenters. The molecule has 1 N–H and O–H groups in total. The van der Waals surface area contributed by atoms with Crippen LogP contribution < -0.4 is 0 Å². The number of aromatic nitrogens is 3. The fourth-order valence-electron chi connectivity index (χ4n) is 11.4. The van der Waals surface area contributed by atoms with Crippen molar-refractivity contribution >= 4 is 11.0 Å². The van der Waals surface area contributed by atoms with Crippen LogP contribution in [0.25, 0.3) is 72.7 Å². The summed E-state index contributed by atoms with van der Waals surface area (Å²) in [6, 6.07) is 72.3. The van der Waals surface area contributed by atoms with Crippen molar-refractivity contribution in [1.29, 1.82) is 0 Å². The quantitative estimate of drug-likeness (QED) is 0.131. The molecule has 1 saturated carbocycles. The molecule has 4 heteroatoms. The Kier molecular flexibility index (Phi) is 12.8. The molecule has 10 aromatic rings. The van der Waals surface area contributed by atoms with E-state index in [1.807, 2.05) is 18.3 Å². The van der Waals surface area contributed by atoms with E-state index >= 15 is 0 Å². The fraction of sp³-hybridized carbons (Fsp3) is 0.229. The van der Waals surface area contributed by atoms with Crippen LogP contribution in [0.2, 0.25) is 0 Å². The van der Waals surface area contributed by atoms with Gasteiger partial charge in [0.25, 0.3) is 0 Å². The van der Waals surface area contributed by atoms with Crippen LogP contribution in [0.15, 0.2) is 206 Å². The van der Waals surface area contributed by atoms with Gasteiger partial charge in [0.15, 0.2) is 0 Å². The molecule has 0 bridgehead atoms. The Morgan fingerprint density at radius 3 is 1.76 bits per heavy atom. The van der Waals surface area contributed by atoms with E-state index in [1.165, 1.54) is 53.5 Å². The summed E-state index contributed by atoms with van der Waals surface area (Å²) in [7, 11) is 0. The van der Waals surface area contributed by atoms with Gasteiger partial charge in [-0.15, -0.1) is 0 Å². The van der Waals surface area contributed by atoms with Crippen molar-refractivity contribution in [2.45, 2.75) is 96.8 Å². The second kappa shape index (κ2) is 19.6. The van der Waals surface area contributed by atoms with Gasteiger partial charge < -0.3 is 5.11 Å². The Hall–Kier alpha value is -7.82. The molecule has 0 spiro atoms. The molecular formula is C70H67N3O. The predicted octanol–water partition coefficient (Wildman–Crippen LogP) is 18.1. The van der Waals surface area contributed by atoms with E-state index in [4.69, 9.17) is 9.97 Å². The van der Waals surface area contributed by atoms with Gasteiger partial charge in [-0.05, 0) is 140 Å². The average Bonchev–Trinajstić information content (AvgIpc) is 4.10. The number of nitrogens with zero attached hydrogens (tertiary/aromatic N) is 3. The average molecular weight is 966 g/mol. The van der Waals surface area contributed by atoms with Gasteiger partial charge in [-0.3, -0.25) is 9.55 Å². The lowest BCUT2D eigenvalue weighted by Crippen LogP contribution is -2.25. The second-order valence-corrected chi connectivity index (χ2v) is 22.9. The summed E-state index contributed by atoms with van der Waals surface area (Å²) in [6.07, 6.45) is 8.25. The maximum absolute atomic E-state index is 11.9. The third kappa shape index (κ3) is 9.39. The molecule has 1 aliphatic rings. The highest BCUT2D eigenvalue weighted by molar-refractivity contribution is 5.98. The SMILES string of the molecule is CC(C)(C)c1cc(-c2cc(-c3ccc(C(C)(c4ccccc4)c4ccccc4)cc3)ccn2)cc(-c2cccc3c2nc(-c2cc(C(C)(C)C)ccc2O)n3-c2ccc(CC3CCCC3)cc2-c2ccccc2)c1. The number of phenolic OH excluding ortho intramolecular Hbond substituents is 1. The summed E-state index contributed by atoms with van der Waals surface area (Å²) in [5.41, 5.74) is 19.0. The van der Waals surface area contributed by atoms with Gasteiger partial charge in [-0.2, -0.15) is 0 Å². The topological polar surface area (TPSA) is 50.9 Å². The zero-order valence-electron chi connectivity index (χ0n) is 44.0. The molecule has 368 valence electrons. The highest BCUT2D eigenvalue weighted by atomic mass is 16.3. The summed E-state index contributed by atoms with van der Waals surface area (Å²) in [4.78, 5) is 10.7. The van der Waals surface area contributed by atoms with E-state index in [2.05, 4.69) is 241 Å². The number of benzene rings is 8. The van der Waals surface area contributed by atoms with Crippen molar-refractivity contribution in [3.05, 3.63) is 240 Å². The lowest BCUT2D eigenvalue weighted by Gasteiger charge is -2.32. The van der Waals surface area contributed by atoms with Crippen LogP contribution in [-0.2, 0) is 22.7 Å².